The average molecular weight is 374 g/mol. The first-order valence-corrected chi connectivity index (χ1v) is 6.48. The van der Waals surface area contributed by atoms with Crippen molar-refractivity contribution < 1.29 is 14.1 Å². The molecule has 1 heterocycles. The number of nitro groups is 1. The van der Waals surface area contributed by atoms with Crippen LogP contribution in [0.25, 0.3) is 0 Å². The van der Waals surface area contributed by atoms with E-state index in [4.69, 9.17) is 9.15 Å². The molecule has 0 amide bonds. The number of anilines is 1. The van der Waals surface area contributed by atoms with Crippen LogP contribution < -0.4 is 10.1 Å². The van der Waals surface area contributed by atoms with Crippen LogP contribution in [0.3, 0.4) is 0 Å². The maximum atomic E-state index is 10.7. The fourth-order valence-electron chi connectivity index (χ4n) is 1.58. The molecule has 2 aromatic rings. The number of furan rings is 1. The molecule has 19 heavy (non-hydrogen) atoms. The molecule has 1 N–H and O–H groups in total. The quantitative estimate of drug-likeness (QED) is 0.493. The van der Waals surface area contributed by atoms with E-state index in [1.54, 1.807) is 6.07 Å². The summed E-state index contributed by atoms with van der Waals surface area (Å²) < 4.78 is 11.4. The number of nitro benzene ring substituents is 1. The van der Waals surface area contributed by atoms with Crippen LogP contribution in [0.4, 0.5) is 11.4 Å². The summed E-state index contributed by atoms with van der Waals surface area (Å²) in [6.45, 7) is 0.431. The van der Waals surface area contributed by atoms with Gasteiger partial charge in [-0.15, -0.1) is 0 Å². The number of hydrogen-bond acceptors (Lipinski definition) is 5. The molecular weight excluding hydrogens is 363 g/mol. The van der Waals surface area contributed by atoms with E-state index in [9.17, 15) is 10.1 Å². The van der Waals surface area contributed by atoms with E-state index in [2.05, 4.69) is 27.9 Å². The third kappa shape index (κ3) is 3.37. The smallest absolute Gasteiger partial charge is 0.271 e. The minimum atomic E-state index is -0.444. The highest BCUT2D eigenvalue weighted by Crippen LogP contribution is 2.29. The van der Waals surface area contributed by atoms with Crippen molar-refractivity contribution in [3.05, 3.63) is 50.0 Å². The van der Waals surface area contributed by atoms with E-state index < -0.39 is 4.92 Å². The zero-order chi connectivity index (χ0) is 13.8. The third-order valence-corrected chi connectivity index (χ3v) is 3.06. The summed E-state index contributed by atoms with van der Waals surface area (Å²) in [6, 6.07) is 8.10. The molecule has 0 unspecified atom stereocenters. The number of nitrogens with zero attached hydrogens (tertiary/aromatic N) is 1. The molecular formula is C12H11IN2O4. The lowest BCUT2D eigenvalue weighted by atomic mass is 10.2. The number of non-ortho nitro benzene ring substituents is 1. The van der Waals surface area contributed by atoms with E-state index in [1.807, 2.05) is 12.1 Å². The summed E-state index contributed by atoms with van der Waals surface area (Å²) in [5.74, 6) is 1.30. The standard InChI is InChI=1S/C12H11IN2O4/c1-18-11-4-2-8(15(16)17)6-10(11)14-7-9-3-5-12(13)19-9/h2-6,14H,7H2,1H3. The zero-order valence-corrected chi connectivity index (χ0v) is 12.2. The molecule has 100 valence electrons. The average Bonchev–Trinajstić information content (AvgIpc) is 2.81. The van der Waals surface area contributed by atoms with Gasteiger partial charge in [0.05, 0.1) is 24.3 Å². The second-order valence-electron chi connectivity index (χ2n) is 3.70. The number of benzene rings is 1. The van der Waals surface area contributed by atoms with Crippen molar-refractivity contribution in [2.75, 3.05) is 12.4 Å². The topological polar surface area (TPSA) is 77.5 Å². The molecule has 7 heteroatoms. The molecule has 1 aromatic heterocycles. The number of halogens is 1. The molecule has 0 radical (unpaired) electrons. The van der Waals surface area contributed by atoms with Crippen LogP contribution in [0.5, 0.6) is 5.75 Å². The Bertz CT molecular complexity index is 597. The zero-order valence-electron chi connectivity index (χ0n) is 10.1. The van der Waals surface area contributed by atoms with Crippen molar-refractivity contribution in [3.63, 3.8) is 0 Å². The van der Waals surface area contributed by atoms with Gasteiger partial charge in [0.25, 0.3) is 5.69 Å². The second-order valence-corrected chi connectivity index (χ2v) is 4.76. The minimum absolute atomic E-state index is 0.0114. The highest BCUT2D eigenvalue weighted by atomic mass is 127. The molecule has 0 bridgehead atoms. The van der Waals surface area contributed by atoms with Gasteiger partial charge in [-0.25, -0.2) is 0 Å². The maximum absolute atomic E-state index is 10.7. The Hall–Kier alpha value is -1.77. The first kappa shape index (κ1) is 13.7. The summed E-state index contributed by atoms with van der Waals surface area (Å²) in [4.78, 5) is 10.3. The van der Waals surface area contributed by atoms with Crippen molar-refractivity contribution in [2.24, 2.45) is 0 Å². The van der Waals surface area contributed by atoms with E-state index in [0.717, 1.165) is 9.53 Å². The molecule has 0 aliphatic heterocycles. The summed E-state index contributed by atoms with van der Waals surface area (Å²) in [6.07, 6.45) is 0. The molecule has 0 saturated heterocycles. The summed E-state index contributed by atoms with van der Waals surface area (Å²) in [7, 11) is 1.52. The lowest BCUT2D eigenvalue weighted by molar-refractivity contribution is -0.384. The lowest BCUT2D eigenvalue weighted by Crippen LogP contribution is -2.01. The fraction of sp³-hybridized carbons (Fsp3) is 0.167. The lowest BCUT2D eigenvalue weighted by Gasteiger charge is -2.09. The first-order chi connectivity index (χ1) is 9.10. The molecule has 6 nitrogen and oxygen atoms in total. The Kier molecular flexibility index (Phi) is 4.25. The second kappa shape index (κ2) is 5.91. The van der Waals surface area contributed by atoms with Gasteiger partial charge in [0.1, 0.15) is 11.5 Å². The van der Waals surface area contributed by atoms with Crippen LogP contribution in [0.2, 0.25) is 0 Å². The largest absolute Gasteiger partial charge is 0.495 e. The number of hydrogen-bond donors (Lipinski definition) is 1. The molecule has 0 fully saturated rings. The first-order valence-electron chi connectivity index (χ1n) is 5.40. The van der Waals surface area contributed by atoms with E-state index in [0.29, 0.717) is 18.0 Å². The molecule has 0 atom stereocenters. The number of ether oxygens (including phenoxy) is 1. The normalized spacial score (nSPS) is 10.2. The van der Waals surface area contributed by atoms with Gasteiger partial charge in [-0.2, -0.15) is 0 Å². The van der Waals surface area contributed by atoms with Crippen LogP contribution in [0.15, 0.2) is 34.7 Å². The predicted molar refractivity (Wildman–Crippen MR) is 78.4 cm³/mol. The Morgan fingerprint density at radius 1 is 1.42 bits per heavy atom. The van der Waals surface area contributed by atoms with Crippen LogP contribution >= 0.6 is 22.6 Å². The Balaban J connectivity index is 2.17. The third-order valence-electron chi connectivity index (χ3n) is 2.48. The Labute approximate surface area is 123 Å². The number of rotatable bonds is 5. The van der Waals surface area contributed by atoms with Gasteiger partial charge >= 0.3 is 0 Å². The number of nitrogens with one attached hydrogen (secondary N) is 1. The van der Waals surface area contributed by atoms with E-state index >= 15 is 0 Å². The van der Waals surface area contributed by atoms with Crippen molar-refractivity contribution in [1.29, 1.82) is 0 Å². The summed E-state index contributed by atoms with van der Waals surface area (Å²) in [5.41, 5.74) is 0.570. The van der Waals surface area contributed by atoms with Gasteiger partial charge in [0.2, 0.25) is 0 Å². The van der Waals surface area contributed by atoms with Gasteiger partial charge in [-0.1, -0.05) is 0 Å². The molecule has 1 aromatic carbocycles. The monoisotopic (exact) mass is 374 g/mol. The van der Waals surface area contributed by atoms with E-state index in [1.165, 1.54) is 19.2 Å². The summed E-state index contributed by atoms with van der Waals surface area (Å²) in [5, 5.41) is 13.8. The molecule has 0 spiro atoms. The highest BCUT2D eigenvalue weighted by Gasteiger charge is 2.11. The minimum Gasteiger partial charge on any atom is -0.495 e. The maximum Gasteiger partial charge on any atom is 0.271 e. The van der Waals surface area contributed by atoms with Crippen molar-refractivity contribution in [2.45, 2.75) is 6.54 Å². The Morgan fingerprint density at radius 3 is 2.79 bits per heavy atom. The van der Waals surface area contributed by atoms with Crippen LogP contribution in [0, 0.1) is 13.9 Å². The number of methoxy groups -OCH3 is 1. The van der Waals surface area contributed by atoms with Gasteiger partial charge in [0, 0.05) is 12.1 Å². The van der Waals surface area contributed by atoms with Crippen LogP contribution in [0.1, 0.15) is 5.76 Å². The summed E-state index contributed by atoms with van der Waals surface area (Å²) >= 11 is 2.07. The van der Waals surface area contributed by atoms with Gasteiger partial charge < -0.3 is 14.5 Å². The highest BCUT2D eigenvalue weighted by molar-refractivity contribution is 14.1. The van der Waals surface area contributed by atoms with Gasteiger partial charge in [-0.05, 0) is 40.8 Å². The van der Waals surface area contributed by atoms with E-state index in [-0.39, 0.29) is 5.69 Å². The fourth-order valence-corrected chi connectivity index (χ4v) is 2.04. The molecule has 0 aliphatic carbocycles. The van der Waals surface area contributed by atoms with Crippen molar-refractivity contribution in [3.8, 4) is 5.75 Å². The predicted octanol–water partition coefficient (Wildman–Crippen LogP) is 3.41. The van der Waals surface area contributed by atoms with Crippen LogP contribution in [-0.2, 0) is 6.54 Å². The SMILES string of the molecule is COc1ccc([N+](=O)[O-])cc1NCc1ccc(I)o1. The van der Waals surface area contributed by atoms with Crippen molar-refractivity contribution in [1.82, 2.24) is 0 Å². The van der Waals surface area contributed by atoms with Crippen molar-refractivity contribution >= 4 is 34.0 Å². The van der Waals surface area contributed by atoms with Gasteiger partial charge in [0.15, 0.2) is 3.77 Å². The molecule has 0 saturated carbocycles. The Morgan fingerprint density at radius 2 is 2.21 bits per heavy atom. The van der Waals surface area contributed by atoms with Crippen LogP contribution in [-0.4, -0.2) is 12.0 Å². The molecule has 2 rings (SSSR count). The van der Waals surface area contributed by atoms with Gasteiger partial charge in [-0.3, -0.25) is 10.1 Å². The molecule has 0 aliphatic rings.